The predicted molar refractivity (Wildman–Crippen MR) is 45.5 cm³/mol. The van der Waals surface area contributed by atoms with E-state index in [1.54, 1.807) is 6.92 Å². The molecule has 0 radical (unpaired) electrons. The molecule has 3 atom stereocenters. The van der Waals surface area contributed by atoms with Gasteiger partial charge in [-0.15, -0.1) is 0 Å². The Bertz CT molecular complexity index is 260. The lowest BCUT2D eigenvalue weighted by Crippen LogP contribution is -2.39. The first-order valence-corrected chi connectivity index (χ1v) is 5.92. The molecule has 0 aliphatic carbocycles. The molecule has 0 bridgehead atoms. The zero-order chi connectivity index (χ0) is 10.1. The fraction of sp³-hybridized carbons (Fsp3) is 1.00. The van der Waals surface area contributed by atoms with E-state index in [2.05, 4.69) is 0 Å². The van der Waals surface area contributed by atoms with Crippen LogP contribution >= 0.6 is 0 Å². The van der Waals surface area contributed by atoms with Crippen LogP contribution in [0.3, 0.4) is 0 Å². The molecule has 1 aliphatic rings. The minimum Gasteiger partial charge on any atom is -0.368 e. The predicted octanol–water partition coefficient (Wildman–Crippen LogP) is -0.151. The van der Waals surface area contributed by atoms with E-state index in [-0.39, 0.29) is 0 Å². The van der Waals surface area contributed by atoms with Crippen molar-refractivity contribution >= 4 is 10.1 Å². The molecule has 0 saturated carbocycles. The minimum absolute atomic E-state index is 0.390. The number of hydrogen-bond donors (Lipinski definition) is 1. The quantitative estimate of drug-likeness (QED) is 0.642. The highest BCUT2D eigenvalue weighted by atomic mass is 32.2. The van der Waals surface area contributed by atoms with Crippen molar-refractivity contribution in [2.24, 2.45) is 0 Å². The zero-order valence-electron chi connectivity index (χ0n) is 7.63. The van der Waals surface area contributed by atoms with Gasteiger partial charge in [-0.2, -0.15) is 8.42 Å². The lowest BCUT2D eigenvalue weighted by atomic mass is 10.1. The molecular weight excluding hydrogens is 196 g/mol. The van der Waals surface area contributed by atoms with Gasteiger partial charge in [0.15, 0.2) is 6.29 Å². The molecule has 1 fully saturated rings. The van der Waals surface area contributed by atoms with E-state index in [0.717, 1.165) is 6.26 Å². The SMILES string of the molecule is C[C@H]1O[C@@H](O)CC[C@@H]1OS(C)(=O)=O. The lowest BCUT2D eigenvalue weighted by Gasteiger charge is -2.30. The van der Waals surface area contributed by atoms with Gasteiger partial charge < -0.3 is 9.84 Å². The fourth-order valence-corrected chi connectivity index (χ4v) is 2.00. The van der Waals surface area contributed by atoms with Gasteiger partial charge in [0, 0.05) is 6.42 Å². The highest BCUT2D eigenvalue weighted by molar-refractivity contribution is 7.86. The number of aliphatic hydroxyl groups is 1. The van der Waals surface area contributed by atoms with Crippen LogP contribution in [-0.2, 0) is 19.0 Å². The average Bonchev–Trinajstić information content (AvgIpc) is 1.93. The van der Waals surface area contributed by atoms with Crippen LogP contribution in [0.1, 0.15) is 19.8 Å². The Morgan fingerprint density at radius 1 is 1.46 bits per heavy atom. The first kappa shape index (κ1) is 10.9. The Morgan fingerprint density at radius 3 is 2.54 bits per heavy atom. The van der Waals surface area contributed by atoms with Gasteiger partial charge in [0.2, 0.25) is 0 Å². The summed E-state index contributed by atoms with van der Waals surface area (Å²) >= 11 is 0. The van der Waals surface area contributed by atoms with E-state index < -0.39 is 28.6 Å². The highest BCUT2D eigenvalue weighted by Gasteiger charge is 2.30. The molecule has 0 unspecified atom stereocenters. The van der Waals surface area contributed by atoms with Crippen molar-refractivity contribution in [1.82, 2.24) is 0 Å². The molecule has 5 nitrogen and oxygen atoms in total. The van der Waals surface area contributed by atoms with Crippen LogP contribution in [0.2, 0.25) is 0 Å². The number of hydrogen-bond acceptors (Lipinski definition) is 5. The second-order valence-corrected chi connectivity index (χ2v) is 4.81. The van der Waals surface area contributed by atoms with E-state index in [1.165, 1.54) is 0 Å². The Kier molecular flexibility index (Phi) is 3.28. The Balaban J connectivity index is 2.52. The standard InChI is InChI=1S/C7H14O5S/c1-5-6(12-13(2,9)10)3-4-7(8)11-5/h5-8H,3-4H2,1-2H3/t5-,6+,7-/m1/s1. The number of rotatable bonds is 2. The largest absolute Gasteiger partial charge is 0.368 e. The van der Waals surface area contributed by atoms with E-state index in [4.69, 9.17) is 14.0 Å². The molecule has 78 valence electrons. The summed E-state index contributed by atoms with van der Waals surface area (Å²) in [6, 6.07) is 0. The molecule has 0 spiro atoms. The summed E-state index contributed by atoms with van der Waals surface area (Å²) < 4.78 is 31.4. The van der Waals surface area contributed by atoms with Crippen LogP contribution in [0.15, 0.2) is 0 Å². The van der Waals surface area contributed by atoms with E-state index >= 15 is 0 Å². The summed E-state index contributed by atoms with van der Waals surface area (Å²) in [5, 5.41) is 9.07. The molecule has 0 aromatic carbocycles. The van der Waals surface area contributed by atoms with Gasteiger partial charge in [-0.05, 0) is 13.3 Å². The monoisotopic (exact) mass is 210 g/mol. The van der Waals surface area contributed by atoms with Crippen molar-refractivity contribution in [2.45, 2.75) is 38.3 Å². The lowest BCUT2D eigenvalue weighted by molar-refractivity contribution is -0.186. The van der Waals surface area contributed by atoms with Gasteiger partial charge in [0.05, 0.1) is 12.4 Å². The van der Waals surface area contributed by atoms with E-state index in [0.29, 0.717) is 12.8 Å². The van der Waals surface area contributed by atoms with Crippen LogP contribution < -0.4 is 0 Å². The maximum atomic E-state index is 10.8. The third-order valence-electron chi connectivity index (χ3n) is 1.89. The molecule has 0 aromatic rings. The van der Waals surface area contributed by atoms with Crippen molar-refractivity contribution in [3.63, 3.8) is 0 Å². The average molecular weight is 210 g/mol. The van der Waals surface area contributed by atoms with Crippen molar-refractivity contribution < 1.29 is 22.4 Å². The number of aliphatic hydroxyl groups excluding tert-OH is 1. The normalized spacial score (nSPS) is 36.1. The van der Waals surface area contributed by atoms with Crippen LogP contribution in [0.5, 0.6) is 0 Å². The molecule has 1 rings (SSSR count). The van der Waals surface area contributed by atoms with Gasteiger partial charge in [0.1, 0.15) is 6.10 Å². The summed E-state index contributed by atoms with van der Waals surface area (Å²) in [6.07, 6.45) is 0.247. The molecule has 13 heavy (non-hydrogen) atoms. The zero-order valence-corrected chi connectivity index (χ0v) is 8.45. The smallest absolute Gasteiger partial charge is 0.264 e. The maximum absolute atomic E-state index is 10.8. The van der Waals surface area contributed by atoms with Crippen LogP contribution in [-0.4, -0.2) is 38.3 Å². The Hall–Kier alpha value is -0.170. The molecular formula is C7H14O5S. The fourth-order valence-electron chi connectivity index (χ4n) is 1.30. The molecule has 0 amide bonds. The van der Waals surface area contributed by atoms with Crippen LogP contribution in [0.25, 0.3) is 0 Å². The van der Waals surface area contributed by atoms with Crippen molar-refractivity contribution in [3.05, 3.63) is 0 Å². The summed E-state index contributed by atoms with van der Waals surface area (Å²) in [5.41, 5.74) is 0. The van der Waals surface area contributed by atoms with Crippen LogP contribution in [0, 0.1) is 0 Å². The molecule has 0 aromatic heterocycles. The topological polar surface area (TPSA) is 72.8 Å². The summed E-state index contributed by atoms with van der Waals surface area (Å²) in [7, 11) is -3.44. The van der Waals surface area contributed by atoms with Crippen LogP contribution in [0.4, 0.5) is 0 Å². The third-order valence-corrected chi connectivity index (χ3v) is 2.49. The minimum atomic E-state index is -3.44. The highest BCUT2D eigenvalue weighted by Crippen LogP contribution is 2.21. The Morgan fingerprint density at radius 2 is 2.08 bits per heavy atom. The van der Waals surface area contributed by atoms with Gasteiger partial charge in [-0.25, -0.2) is 0 Å². The third kappa shape index (κ3) is 3.60. The molecule has 1 heterocycles. The van der Waals surface area contributed by atoms with E-state index in [9.17, 15) is 8.42 Å². The molecule has 1 saturated heterocycles. The van der Waals surface area contributed by atoms with Crippen molar-refractivity contribution in [3.8, 4) is 0 Å². The van der Waals surface area contributed by atoms with Gasteiger partial charge in [-0.3, -0.25) is 4.18 Å². The second-order valence-electron chi connectivity index (χ2n) is 3.21. The second kappa shape index (κ2) is 3.91. The summed E-state index contributed by atoms with van der Waals surface area (Å²) in [6.45, 7) is 1.68. The molecule has 6 heteroatoms. The summed E-state index contributed by atoms with van der Waals surface area (Å²) in [4.78, 5) is 0. The van der Waals surface area contributed by atoms with Crippen molar-refractivity contribution in [2.75, 3.05) is 6.26 Å². The van der Waals surface area contributed by atoms with Crippen molar-refractivity contribution in [1.29, 1.82) is 0 Å². The summed E-state index contributed by atoms with van der Waals surface area (Å²) in [5.74, 6) is 0. The van der Waals surface area contributed by atoms with Gasteiger partial charge in [0.25, 0.3) is 10.1 Å². The van der Waals surface area contributed by atoms with E-state index in [1.807, 2.05) is 0 Å². The Labute approximate surface area is 77.8 Å². The molecule has 1 N–H and O–H groups in total. The first-order chi connectivity index (χ1) is 5.88. The van der Waals surface area contributed by atoms with Gasteiger partial charge in [-0.1, -0.05) is 0 Å². The molecule has 1 aliphatic heterocycles. The first-order valence-electron chi connectivity index (χ1n) is 4.10. The van der Waals surface area contributed by atoms with Gasteiger partial charge >= 0.3 is 0 Å². The maximum Gasteiger partial charge on any atom is 0.264 e. The number of ether oxygens (including phenoxy) is 1.